The summed E-state index contributed by atoms with van der Waals surface area (Å²) in [6.07, 6.45) is 0. The molecule has 0 aliphatic heterocycles. The summed E-state index contributed by atoms with van der Waals surface area (Å²) in [6, 6.07) is 0. The molecule has 0 saturated heterocycles. The molecule has 0 unspecified atom stereocenters. The van der Waals surface area contributed by atoms with Crippen LogP contribution in [0.15, 0.2) is 0 Å². The van der Waals surface area contributed by atoms with Crippen molar-refractivity contribution in [1.82, 2.24) is 0 Å². The van der Waals surface area contributed by atoms with E-state index in [2.05, 4.69) is 0 Å². The second kappa shape index (κ2) is 9.13. The number of hydrogen-bond acceptors (Lipinski definition) is 3. The fourth-order valence-electron chi connectivity index (χ4n) is 0. The second-order valence-electron chi connectivity index (χ2n) is 0.250. The molecule has 0 rings (SSSR count). The van der Waals surface area contributed by atoms with E-state index in [-0.39, 0.29) is 35.0 Å². The van der Waals surface area contributed by atoms with Crippen LogP contribution in [-0.4, -0.2) is 14.6 Å². The van der Waals surface area contributed by atoms with Crippen LogP contribution < -0.4 is 39.1 Å². The Kier molecular flexibility index (Phi) is 24.3. The Balaban J connectivity index is -0.0000000450. The zero-order valence-electron chi connectivity index (χ0n) is 3.22. The summed E-state index contributed by atoms with van der Waals surface area (Å²) in [5, 5.41) is 0. The molecule has 0 bridgehead atoms. The maximum atomic E-state index is 8.52. The van der Waals surface area contributed by atoms with Crippen LogP contribution in [0.2, 0.25) is 0 Å². The van der Waals surface area contributed by atoms with Gasteiger partial charge in [-0.15, -0.1) is 0 Å². The molecule has 0 heterocycles. The molecule has 0 aromatic rings. The van der Waals surface area contributed by atoms with Crippen LogP contribution in [-0.2, 0) is 4.46 Å². The molecule has 6 heavy (non-hydrogen) atoms. The maximum absolute atomic E-state index is 8.52. The zero-order chi connectivity index (χ0) is 3.58. The zero-order valence-corrected chi connectivity index (χ0v) is 6.22. The van der Waals surface area contributed by atoms with Crippen LogP contribution in [0.5, 0.6) is 0 Å². The van der Waals surface area contributed by atoms with Crippen LogP contribution >= 0.6 is 0 Å². The Morgan fingerprint density at radius 1 is 1.33 bits per heavy atom. The Hall–Kier alpha value is 0.577. The van der Waals surface area contributed by atoms with E-state index in [4.69, 9.17) is 14.1 Å². The maximum Gasteiger partial charge on any atom is 1.00 e. The molecule has 0 saturated carbocycles. The third kappa shape index (κ3) is 176. The molecule has 0 amide bonds. The van der Waals surface area contributed by atoms with Crippen molar-refractivity contribution in [1.29, 1.82) is 0 Å². The van der Waals surface area contributed by atoms with E-state index in [0.29, 0.717) is 0 Å². The van der Waals surface area contributed by atoms with Crippen molar-refractivity contribution in [2.45, 2.75) is 0 Å². The van der Waals surface area contributed by atoms with Gasteiger partial charge in [-0.25, -0.2) is 0 Å². The predicted molar refractivity (Wildman–Crippen MR) is 10.1 cm³/mol. The summed E-state index contributed by atoms with van der Waals surface area (Å²) in [5.74, 6) is 0. The Bertz CT molecular complexity index is 30.5. The van der Waals surface area contributed by atoms with Gasteiger partial charge in [0.2, 0.25) is 0 Å². The van der Waals surface area contributed by atoms with Crippen LogP contribution in [0.25, 0.3) is 0 Å². The van der Waals surface area contributed by atoms with Crippen molar-refractivity contribution in [3.8, 4) is 0 Å². The van der Waals surface area contributed by atoms with Crippen LogP contribution in [0, 0.1) is 0 Å². The van der Waals surface area contributed by atoms with E-state index in [1.165, 1.54) is 0 Å². The first-order valence-electron chi connectivity index (χ1n) is 0.612. The second-order valence-corrected chi connectivity index (χ2v) is 0.750. The molecule has 0 aliphatic rings. The third-order valence-electron chi connectivity index (χ3n) is 0. The molecule has 0 atom stereocenters. The minimum absolute atomic E-state index is 0. The van der Waals surface area contributed by atoms with Crippen molar-refractivity contribution >= 4 is 9.17 Å². The fraction of sp³-hybridized carbons (Fsp3) is 0. The van der Waals surface area contributed by atoms with Gasteiger partial charge < -0.3 is 19.5 Å². The topological polar surface area (TPSA) is 94.7 Å². The van der Waals surface area contributed by atoms with Gasteiger partial charge in [-0.1, -0.05) is 0 Å². The first-order valence-corrected chi connectivity index (χ1v) is 1.84. The van der Waals surface area contributed by atoms with E-state index in [0.717, 1.165) is 0 Å². The molecule has 0 aromatic carbocycles. The summed E-state index contributed by atoms with van der Waals surface area (Å²) >= 11 is 0. The standard InChI is InChI=1S/Na.O3Si.H2O/c;1-4(2)3;/h;;1H2/q+1;-2;. The number of hydrogen-bond donors (Lipinski definition) is 0. The van der Waals surface area contributed by atoms with Crippen molar-refractivity contribution in [3.05, 3.63) is 0 Å². The van der Waals surface area contributed by atoms with Gasteiger partial charge in [0.25, 0.3) is 0 Å². The summed E-state index contributed by atoms with van der Waals surface area (Å²) < 4.78 is 8.52. The molecular weight excluding hydrogens is 115 g/mol. The molecule has 0 aromatic heterocycles. The normalized spacial score (nSPS) is 4.00. The quantitative estimate of drug-likeness (QED) is 0.295. The van der Waals surface area contributed by atoms with E-state index in [1.54, 1.807) is 0 Å². The largest absolute Gasteiger partial charge is 1.00 e. The van der Waals surface area contributed by atoms with Crippen LogP contribution in [0.3, 0.4) is 0 Å². The van der Waals surface area contributed by atoms with Crippen LogP contribution in [0.4, 0.5) is 0 Å². The molecular formula is H2NaO4Si-. The molecule has 2 N–H and O–H groups in total. The van der Waals surface area contributed by atoms with E-state index in [9.17, 15) is 0 Å². The van der Waals surface area contributed by atoms with Crippen LogP contribution in [0.1, 0.15) is 0 Å². The first-order chi connectivity index (χ1) is 1.73. The van der Waals surface area contributed by atoms with Gasteiger partial charge in [0.05, 0.1) is 0 Å². The summed E-state index contributed by atoms with van der Waals surface area (Å²) in [6.45, 7) is 0. The minimum Gasteiger partial charge on any atom is -0.672 e. The Morgan fingerprint density at radius 2 is 1.33 bits per heavy atom. The van der Waals surface area contributed by atoms with Gasteiger partial charge >= 0.3 is 29.6 Å². The van der Waals surface area contributed by atoms with Crippen molar-refractivity contribution in [3.63, 3.8) is 0 Å². The molecule has 0 aliphatic carbocycles. The van der Waals surface area contributed by atoms with Gasteiger partial charge in [0.15, 0.2) is 0 Å². The summed E-state index contributed by atoms with van der Waals surface area (Å²) in [4.78, 5) is 17.0. The SMILES string of the molecule is O.O=[Si]([O-])[O-].[Na+]. The Morgan fingerprint density at radius 3 is 1.33 bits per heavy atom. The van der Waals surface area contributed by atoms with Crippen molar-refractivity contribution in [2.75, 3.05) is 0 Å². The molecule has 0 spiro atoms. The average molecular weight is 117 g/mol. The number of rotatable bonds is 0. The summed E-state index contributed by atoms with van der Waals surface area (Å²) in [5.41, 5.74) is 0. The monoisotopic (exact) mass is 117 g/mol. The van der Waals surface area contributed by atoms with E-state index >= 15 is 0 Å². The molecule has 4 nitrogen and oxygen atoms in total. The molecule has 0 fully saturated rings. The van der Waals surface area contributed by atoms with Crippen molar-refractivity contribution in [2.24, 2.45) is 0 Å². The van der Waals surface area contributed by atoms with Gasteiger partial charge in [-0.05, 0) is 0 Å². The Labute approximate surface area is 58.3 Å². The minimum atomic E-state index is -3.63. The van der Waals surface area contributed by atoms with Gasteiger partial charge in [-0.3, -0.25) is 0 Å². The predicted octanol–water partition coefficient (Wildman–Crippen LogP) is -6.70. The van der Waals surface area contributed by atoms with Crippen molar-refractivity contribution < 1.29 is 49.1 Å². The first kappa shape index (κ1) is 16.0. The van der Waals surface area contributed by atoms with Gasteiger partial charge in [-0.2, -0.15) is 0 Å². The van der Waals surface area contributed by atoms with E-state index < -0.39 is 9.17 Å². The van der Waals surface area contributed by atoms with Gasteiger partial charge in [0.1, 0.15) is 0 Å². The smallest absolute Gasteiger partial charge is 0.672 e. The molecule has 32 valence electrons. The van der Waals surface area contributed by atoms with Gasteiger partial charge in [0, 0.05) is 9.17 Å². The average Bonchev–Trinajstić information content (AvgIpc) is 0.811. The fourth-order valence-corrected chi connectivity index (χ4v) is 0. The molecule has 6 heteroatoms. The van der Waals surface area contributed by atoms with E-state index in [1.807, 2.05) is 0 Å². The molecule has 0 radical (unpaired) electrons. The third-order valence-corrected chi connectivity index (χ3v) is 0. The summed E-state index contributed by atoms with van der Waals surface area (Å²) in [7, 11) is -3.63.